The van der Waals surface area contributed by atoms with Crippen LogP contribution in [0.4, 0.5) is 0 Å². The summed E-state index contributed by atoms with van der Waals surface area (Å²) >= 11 is 0. The minimum atomic E-state index is -4.50. The third kappa shape index (κ3) is 2.79. The predicted molar refractivity (Wildman–Crippen MR) is 51.0 cm³/mol. The molecule has 9 heteroatoms. The van der Waals surface area contributed by atoms with Gasteiger partial charge in [-0.15, -0.1) is 0 Å². The second-order valence-electron chi connectivity index (χ2n) is 3.88. The van der Waals surface area contributed by atoms with E-state index in [-0.39, 0.29) is 13.0 Å². The Bertz CT molecular complexity index is 364. The van der Waals surface area contributed by atoms with Gasteiger partial charge in [-0.05, 0) is 6.42 Å². The molecule has 5 N–H and O–H groups in total. The molecule has 1 saturated heterocycles. The van der Waals surface area contributed by atoms with Crippen LogP contribution in [0.1, 0.15) is 6.42 Å². The van der Waals surface area contributed by atoms with Crippen molar-refractivity contribution in [2.24, 2.45) is 5.41 Å². The van der Waals surface area contributed by atoms with Gasteiger partial charge in [0.15, 0.2) is 0 Å². The van der Waals surface area contributed by atoms with E-state index in [0.717, 1.165) is 0 Å². The first kappa shape index (κ1) is 13.1. The van der Waals surface area contributed by atoms with Crippen molar-refractivity contribution >= 4 is 19.5 Å². The largest absolute Gasteiger partial charge is 0.481 e. The summed E-state index contributed by atoms with van der Waals surface area (Å²) in [5.41, 5.74) is -1.71. The molecular formula is C7H12NO7P. The van der Waals surface area contributed by atoms with E-state index in [2.05, 4.69) is 5.32 Å². The van der Waals surface area contributed by atoms with Gasteiger partial charge in [-0.3, -0.25) is 14.2 Å². The van der Waals surface area contributed by atoms with Crippen LogP contribution in [0.3, 0.4) is 0 Å². The van der Waals surface area contributed by atoms with E-state index in [1.54, 1.807) is 0 Å². The van der Waals surface area contributed by atoms with Gasteiger partial charge in [0, 0.05) is 6.54 Å². The van der Waals surface area contributed by atoms with Gasteiger partial charge in [-0.2, -0.15) is 0 Å². The topological polar surface area (TPSA) is 144 Å². The maximum Gasteiger partial charge on any atom is 0.326 e. The molecule has 1 aliphatic heterocycles. The summed E-state index contributed by atoms with van der Waals surface area (Å²) in [6.45, 7) is -0.260. The Hall–Kier alpha value is -0.950. The van der Waals surface area contributed by atoms with Crippen LogP contribution < -0.4 is 5.32 Å². The van der Waals surface area contributed by atoms with Gasteiger partial charge in [-0.25, -0.2) is 0 Å². The van der Waals surface area contributed by atoms with Crippen LogP contribution in [0.2, 0.25) is 0 Å². The van der Waals surface area contributed by atoms with E-state index in [1.807, 2.05) is 0 Å². The lowest BCUT2D eigenvalue weighted by molar-refractivity contribution is -0.147. The van der Waals surface area contributed by atoms with Crippen molar-refractivity contribution in [3.8, 4) is 0 Å². The Morgan fingerprint density at radius 3 is 2.25 bits per heavy atom. The molecule has 2 atom stereocenters. The number of carboxylic acid groups (broad SMARTS) is 2. The van der Waals surface area contributed by atoms with Gasteiger partial charge in [0.25, 0.3) is 0 Å². The molecule has 0 aromatic rings. The molecule has 1 fully saturated rings. The van der Waals surface area contributed by atoms with Gasteiger partial charge < -0.3 is 25.3 Å². The molecule has 0 amide bonds. The quantitative estimate of drug-likeness (QED) is 0.388. The highest BCUT2D eigenvalue weighted by molar-refractivity contribution is 7.51. The van der Waals surface area contributed by atoms with Crippen molar-refractivity contribution in [1.29, 1.82) is 0 Å². The van der Waals surface area contributed by atoms with Crippen molar-refractivity contribution in [3.05, 3.63) is 0 Å². The number of rotatable bonds is 4. The fourth-order valence-electron chi connectivity index (χ4n) is 1.77. The Balaban J connectivity index is 2.90. The predicted octanol–water partition coefficient (Wildman–Crippen LogP) is -1.32. The number of carboxylic acids is 2. The standard InChI is InChI=1S/C7H12NO7P/c9-5(10)4-1-7(2-8-4,6(11)12)3-16(13,14)15/h4,8H,1-3H2,(H,9,10)(H,11,12)(H2,13,14,15). The van der Waals surface area contributed by atoms with E-state index < -0.39 is 37.2 Å². The average Bonchev–Trinajstić information content (AvgIpc) is 2.46. The first-order valence-corrected chi connectivity index (χ1v) is 6.20. The van der Waals surface area contributed by atoms with E-state index in [9.17, 15) is 14.2 Å². The van der Waals surface area contributed by atoms with Crippen molar-refractivity contribution in [1.82, 2.24) is 5.32 Å². The Morgan fingerprint density at radius 1 is 1.38 bits per heavy atom. The van der Waals surface area contributed by atoms with E-state index in [4.69, 9.17) is 20.0 Å². The number of hydrogen-bond donors (Lipinski definition) is 5. The fourth-order valence-corrected chi connectivity index (χ4v) is 2.94. The van der Waals surface area contributed by atoms with Crippen LogP contribution in [0.5, 0.6) is 0 Å². The maximum atomic E-state index is 11.0. The van der Waals surface area contributed by atoms with E-state index in [1.165, 1.54) is 0 Å². The van der Waals surface area contributed by atoms with Crippen LogP contribution >= 0.6 is 7.60 Å². The number of nitrogens with one attached hydrogen (secondary N) is 1. The number of carbonyl (C=O) groups is 2. The molecule has 0 saturated carbocycles. The minimum Gasteiger partial charge on any atom is -0.481 e. The molecule has 0 aromatic heterocycles. The first-order chi connectivity index (χ1) is 7.16. The number of aliphatic carboxylic acids is 2. The summed E-state index contributed by atoms with van der Waals surface area (Å²) in [6.07, 6.45) is -1.19. The molecule has 1 rings (SSSR count). The van der Waals surface area contributed by atoms with Crippen molar-refractivity contribution < 1.29 is 34.2 Å². The molecule has 16 heavy (non-hydrogen) atoms. The lowest BCUT2D eigenvalue weighted by Crippen LogP contribution is -2.36. The van der Waals surface area contributed by atoms with Gasteiger partial charge in [0.1, 0.15) is 6.04 Å². The van der Waals surface area contributed by atoms with Gasteiger partial charge in [0.05, 0.1) is 11.6 Å². The summed E-state index contributed by atoms with van der Waals surface area (Å²) in [7, 11) is -4.50. The Labute approximate surface area is 90.4 Å². The molecule has 0 spiro atoms. The average molecular weight is 253 g/mol. The molecule has 0 aliphatic carbocycles. The monoisotopic (exact) mass is 253 g/mol. The zero-order chi connectivity index (χ0) is 12.6. The Kier molecular flexibility index (Phi) is 3.39. The van der Waals surface area contributed by atoms with Crippen molar-refractivity contribution in [2.45, 2.75) is 12.5 Å². The van der Waals surface area contributed by atoms with E-state index in [0.29, 0.717) is 0 Å². The van der Waals surface area contributed by atoms with Crippen LogP contribution in [0.15, 0.2) is 0 Å². The highest BCUT2D eigenvalue weighted by Gasteiger charge is 2.51. The summed E-state index contributed by atoms with van der Waals surface area (Å²) in [5, 5.41) is 20.1. The zero-order valence-electron chi connectivity index (χ0n) is 8.16. The molecule has 1 aliphatic rings. The molecule has 8 nitrogen and oxygen atoms in total. The molecular weight excluding hydrogens is 241 g/mol. The number of hydrogen-bond acceptors (Lipinski definition) is 4. The third-order valence-electron chi connectivity index (χ3n) is 2.54. The summed E-state index contributed by atoms with van der Waals surface area (Å²) in [6, 6.07) is -1.08. The van der Waals surface area contributed by atoms with Crippen LogP contribution in [0, 0.1) is 5.41 Å². The first-order valence-electron chi connectivity index (χ1n) is 4.40. The lowest BCUT2D eigenvalue weighted by Gasteiger charge is -2.23. The second kappa shape index (κ2) is 4.14. The van der Waals surface area contributed by atoms with Gasteiger partial charge in [0.2, 0.25) is 0 Å². The third-order valence-corrected chi connectivity index (χ3v) is 3.56. The van der Waals surface area contributed by atoms with Crippen molar-refractivity contribution in [2.75, 3.05) is 12.7 Å². The van der Waals surface area contributed by atoms with Gasteiger partial charge in [-0.1, -0.05) is 0 Å². The summed E-state index contributed by atoms with van der Waals surface area (Å²) < 4.78 is 10.8. The van der Waals surface area contributed by atoms with E-state index >= 15 is 0 Å². The molecule has 1 heterocycles. The van der Waals surface area contributed by atoms with Gasteiger partial charge >= 0.3 is 19.5 Å². The fraction of sp³-hybridized carbons (Fsp3) is 0.714. The summed E-state index contributed by atoms with van der Waals surface area (Å²) in [5.74, 6) is -2.62. The zero-order valence-corrected chi connectivity index (χ0v) is 9.05. The Morgan fingerprint density at radius 2 is 1.94 bits per heavy atom. The lowest BCUT2D eigenvalue weighted by atomic mass is 9.88. The SMILES string of the molecule is O=C(O)C1CC(CP(=O)(O)O)(C(=O)O)CN1. The molecule has 92 valence electrons. The smallest absolute Gasteiger partial charge is 0.326 e. The molecule has 0 aromatic carbocycles. The highest BCUT2D eigenvalue weighted by Crippen LogP contribution is 2.45. The highest BCUT2D eigenvalue weighted by atomic mass is 31.2. The van der Waals surface area contributed by atoms with Crippen LogP contribution in [-0.4, -0.2) is 50.7 Å². The summed E-state index contributed by atoms with van der Waals surface area (Å²) in [4.78, 5) is 39.2. The molecule has 0 radical (unpaired) electrons. The minimum absolute atomic E-state index is 0.260. The normalized spacial score (nSPS) is 30.2. The second-order valence-corrected chi connectivity index (χ2v) is 5.53. The molecule has 2 unspecified atom stereocenters. The van der Waals surface area contributed by atoms with Crippen LogP contribution in [0.25, 0.3) is 0 Å². The van der Waals surface area contributed by atoms with Crippen molar-refractivity contribution in [3.63, 3.8) is 0 Å². The molecule has 0 bridgehead atoms. The maximum absolute atomic E-state index is 11.0. The van der Waals surface area contributed by atoms with Crippen LogP contribution in [-0.2, 0) is 14.2 Å².